The van der Waals surface area contributed by atoms with Crippen molar-refractivity contribution in [2.75, 3.05) is 44.2 Å². The molecule has 220 valence electrons. The molecule has 3 aromatic rings. The molecule has 0 heterocycles. The number of methoxy groups -OCH3 is 1. The van der Waals surface area contributed by atoms with Crippen molar-refractivity contribution in [3.8, 4) is 11.5 Å². The molecular formula is C31H39N3O6S. The van der Waals surface area contributed by atoms with Gasteiger partial charge in [-0.2, -0.15) is 0 Å². The summed E-state index contributed by atoms with van der Waals surface area (Å²) < 4.78 is 21.6. The van der Waals surface area contributed by atoms with Gasteiger partial charge in [0, 0.05) is 25.0 Å². The minimum absolute atomic E-state index is 0.00880. The van der Waals surface area contributed by atoms with Gasteiger partial charge in [0.05, 0.1) is 6.54 Å². The van der Waals surface area contributed by atoms with Crippen molar-refractivity contribution in [2.45, 2.75) is 38.9 Å². The van der Waals surface area contributed by atoms with E-state index in [2.05, 4.69) is 10.6 Å². The lowest BCUT2D eigenvalue weighted by molar-refractivity contribution is 0.00942. The second kappa shape index (κ2) is 15.8. The van der Waals surface area contributed by atoms with Crippen molar-refractivity contribution in [1.29, 1.82) is 0 Å². The standard InChI is InChI=1S/C31H39N3O6S/c1-31(2,3)40-30(36)34(20-26(35)21-38-27-14-16-28(17-15-27)39-22-37-4)19-18-23-10-12-25(13-11-23)33-29(41)32-24-8-6-5-7-9-24/h5-17,26,35H,18-22H2,1-4H3,(H2,32,33,41)/t26-/m0/s1. The van der Waals surface area contributed by atoms with Crippen molar-refractivity contribution in [3.05, 3.63) is 84.4 Å². The Labute approximate surface area is 247 Å². The van der Waals surface area contributed by atoms with Crippen molar-refractivity contribution in [1.82, 2.24) is 4.90 Å². The highest BCUT2D eigenvalue weighted by molar-refractivity contribution is 7.80. The molecule has 0 fully saturated rings. The molecule has 0 spiro atoms. The maximum atomic E-state index is 12.9. The first-order valence-electron chi connectivity index (χ1n) is 13.3. The van der Waals surface area contributed by atoms with E-state index in [4.69, 9.17) is 31.2 Å². The third-order valence-corrected chi connectivity index (χ3v) is 5.81. The van der Waals surface area contributed by atoms with E-state index in [0.717, 1.165) is 16.9 Å². The number of aliphatic hydroxyl groups is 1. The normalized spacial score (nSPS) is 11.7. The lowest BCUT2D eigenvalue weighted by Crippen LogP contribution is -2.43. The highest BCUT2D eigenvalue weighted by Crippen LogP contribution is 2.18. The van der Waals surface area contributed by atoms with Gasteiger partial charge in [0.25, 0.3) is 0 Å². The Morgan fingerprint density at radius 1 is 0.902 bits per heavy atom. The predicted molar refractivity (Wildman–Crippen MR) is 165 cm³/mol. The molecule has 0 unspecified atom stereocenters. The lowest BCUT2D eigenvalue weighted by Gasteiger charge is -2.29. The van der Waals surface area contributed by atoms with Gasteiger partial charge in [-0.15, -0.1) is 0 Å². The fourth-order valence-corrected chi connectivity index (χ4v) is 3.91. The van der Waals surface area contributed by atoms with Crippen LogP contribution in [0.15, 0.2) is 78.9 Å². The summed E-state index contributed by atoms with van der Waals surface area (Å²) in [4.78, 5) is 14.4. The number of hydrogen-bond donors (Lipinski definition) is 3. The van der Waals surface area contributed by atoms with Gasteiger partial charge in [-0.05, 0) is 93.5 Å². The Morgan fingerprint density at radius 2 is 1.49 bits per heavy atom. The first-order valence-corrected chi connectivity index (χ1v) is 13.7. The molecule has 9 nitrogen and oxygen atoms in total. The third-order valence-electron chi connectivity index (χ3n) is 5.61. The van der Waals surface area contributed by atoms with Crippen LogP contribution in [-0.2, 0) is 15.9 Å². The van der Waals surface area contributed by atoms with Gasteiger partial charge in [-0.1, -0.05) is 30.3 Å². The van der Waals surface area contributed by atoms with E-state index in [-0.39, 0.29) is 19.9 Å². The molecule has 41 heavy (non-hydrogen) atoms. The summed E-state index contributed by atoms with van der Waals surface area (Å²) in [7, 11) is 1.55. The molecular weight excluding hydrogens is 542 g/mol. The summed E-state index contributed by atoms with van der Waals surface area (Å²) in [5.74, 6) is 1.22. The number of anilines is 2. The average Bonchev–Trinajstić information content (AvgIpc) is 2.94. The summed E-state index contributed by atoms with van der Waals surface area (Å²) in [5, 5.41) is 17.5. The number of nitrogens with one attached hydrogen (secondary N) is 2. The first-order chi connectivity index (χ1) is 19.6. The quantitative estimate of drug-likeness (QED) is 0.173. The van der Waals surface area contributed by atoms with Crippen LogP contribution in [0.2, 0.25) is 0 Å². The zero-order chi connectivity index (χ0) is 29.7. The molecule has 0 saturated carbocycles. The van der Waals surface area contributed by atoms with E-state index < -0.39 is 17.8 Å². The molecule has 0 aliphatic rings. The molecule has 0 bridgehead atoms. The summed E-state index contributed by atoms with van der Waals surface area (Å²) in [5.41, 5.74) is 2.11. The number of benzene rings is 3. The first kappa shape index (κ1) is 31.7. The Balaban J connectivity index is 1.53. The fourth-order valence-electron chi connectivity index (χ4n) is 3.68. The van der Waals surface area contributed by atoms with Crippen LogP contribution >= 0.6 is 12.2 Å². The average molecular weight is 582 g/mol. The number of thiocarbonyl (C=S) groups is 1. The second-order valence-electron chi connectivity index (χ2n) is 10.3. The van der Waals surface area contributed by atoms with Gasteiger partial charge < -0.3 is 39.6 Å². The van der Waals surface area contributed by atoms with E-state index in [1.54, 1.807) is 31.4 Å². The van der Waals surface area contributed by atoms with E-state index in [1.807, 2.05) is 75.4 Å². The number of carbonyl (C=O) groups excluding carboxylic acids is 1. The van der Waals surface area contributed by atoms with E-state index in [9.17, 15) is 9.90 Å². The topological polar surface area (TPSA) is 102 Å². The van der Waals surface area contributed by atoms with E-state index >= 15 is 0 Å². The number of ether oxygens (including phenoxy) is 4. The molecule has 1 atom stereocenters. The van der Waals surface area contributed by atoms with Crippen LogP contribution in [0.4, 0.5) is 16.2 Å². The number of aliphatic hydroxyl groups excluding tert-OH is 1. The molecule has 3 aromatic carbocycles. The van der Waals surface area contributed by atoms with E-state index in [0.29, 0.717) is 29.6 Å². The van der Waals surface area contributed by atoms with Crippen LogP contribution in [0, 0.1) is 0 Å². The Morgan fingerprint density at radius 3 is 2.07 bits per heavy atom. The monoisotopic (exact) mass is 581 g/mol. The third kappa shape index (κ3) is 12.0. The molecule has 0 aromatic heterocycles. The van der Waals surface area contributed by atoms with Gasteiger partial charge in [-0.3, -0.25) is 0 Å². The molecule has 1 amide bonds. The molecule has 0 aliphatic heterocycles. The Hall–Kier alpha value is -3.86. The molecule has 0 saturated heterocycles. The highest BCUT2D eigenvalue weighted by Gasteiger charge is 2.24. The summed E-state index contributed by atoms with van der Waals surface area (Å²) in [6.07, 6.45) is -0.841. The van der Waals surface area contributed by atoms with Crippen LogP contribution in [0.5, 0.6) is 11.5 Å². The van der Waals surface area contributed by atoms with Gasteiger partial charge in [0.1, 0.15) is 29.8 Å². The lowest BCUT2D eigenvalue weighted by atomic mass is 10.1. The SMILES string of the molecule is COCOc1ccc(OC[C@@H](O)CN(CCc2ccc(NC(=S)Nc3ccccc3)cc2)C(=O)OC(C)(C)C)cc1. The van der Waals surface area contributed by atoms with Gasteiger partial charge in [0.2, 0.25) is 0 Å². The fraction of sp³-hybridized carbons (Fsp3) is 0.355. The number of nitrogens with zero attached hydrogens (tertiary/aromatic N) is 1. The number of rotatable bonds is 13. The van der Waals surface area contributed by atoms with Crippen LogP contribution in [0.25, 0.3) is 0 Å². The maximum Gasteiger partial charge on any atom is 0.410 e. The second-order valence-corrected chi connectivity index (χ2v) is 10.7. The van der Waals surface area contributed by atoms with Crippen LogP contribution in [-0.4, -0.2) is 66.5 Å². The minimum Gasteiger partial charge on any atom is -0.491 e. The molecule has 3 rings (SSSR count). The van der Waals surface area contributed by atoms with Crippen LogP contribution in [0.3, 0.4) is 0 Å². The smallest absolute Gasteiger partial charge is 0.410 e. The molecule has 10 heteroatoms. The number of carbonyl (C=O) groups is 1. The summed E-state index contributed by atoms with van der Waals surface area (Å²) >= 11 is 5.40. The van der Waals surface area contributed by atoms with Crippen LogP contribution in [0.1, 0.15) is 26.3 Å². The molecule has 0 radical (unpaired) electrons. The number of amides is 1. The van der Waals surface area contributed by atoms with Crippen molar-refractivity contribution >= 4 is 34.8 Å². The molecule has 0 aliphatic carbocycles. The zero-order valence-corrected chi connectivity index (χ0v) is 24.8. The van der Waals surface area contributed by atoms with Crippen molar-refractivity contribution in [3.63, 3.8) is 0 Å². The highest BCUT2D eigenvalue weighted by atomic mass is 32.1. The van der Waals surface area contributed by atoms with Crippen molar-refractivity contribution in [2.24, 2.45) is 0 Å². The van der Waals surface area contributed by atoms with Gasteiger partial charge in [-0.25, -0.2) is 4.79 Å². The van der Waals surface area contributed by atoms with Crippen LogP contribution < -0.4 is 20.1 Å². The molecule has 3 N–H and O–H groups in total. The van der Waals surface area contributed by atoms with Gasteiger partial charge in [0.15, 0.2) is 11.9 Å². The zero-order valence-electron chi connectivity index (χ0n) is 24.0. The summed E-state index contributed by atoms with van der Waals surface area (Å²) in [6, 6.07) is 24.5. The van der Waals surface area contributed by atoms with Gasteiger partial charge >= 0.3 is 6.09 Å². The maximum absolute atomic E-state index is 12.9. The Bertz CT molecular complexity index is 1220. The Kier molecular flexibility index (Phi) is 12.2. The largest absolute Gasteiger partial charge is 0.491 e. The van der Waals surface area contributed by atoms with Crippen molar-refractivity contribution < 1.29 is 28.8 Å². The number of para-hydroxylation sites is 1. The van der Waals surface area contributed by atoms with E-state index in [1.165, 1.54) is 4.90 Å². The summed E-state index contributed by atoms with van der Waals surface area (Å²) in [6.45, 7) is 6.01. The predicted octanol–water partition coefficient (Wildman–Crippen LogP) is 5.70. The minimum atomic E-state index is -0.920. The number of hydrogen-bond acceptors (Lipinski definition) is 7.